The van der Waals surface area contributed by atoms with Crippen LogP contribution in [0.25, 0.3) is 16.7 Å². The number of hydrogen-bond donors (Lipinski definition) is 0. The molecule has 0 radical (unpaired) electrons. The Morgan fingerprint density at radius 2 is 1.78 bits per heavy atom. The molecule has 0 N–H and O–H groups in total. The fourth-order valence-electron chi connectivity index (χ4n) is 3.19. The molecular weight excluding hydrogens is 290 g/mol. The predicted octanol–water partition coefficient (Wildman–Crippen LogP) is 2.43. The van der Waals surface area contributed by atoms with Crippen molar-refractivity contribution in [2.24, 2.45) is 0 Å². The molecule has 0 bridgehead atoms. The molecule has 1 aliphatic rings. The van der Waals surface area contributed by atoms with Crippen LogP contribution in [0.3, 0.4) is 0 Å². The van der Waals surface area contributed by atoms with Crippen LogP contribution in [0.15, 0.2) is 42.9 Å². The van der Waals surface area contributed by atoms with Gasteiger partial charge >= 0.3 is 0 Å². The van der Waals surface area contributed by atoms with E-state index in [9.17, 15) is 0 Å². The highest BCUT2D eigenvalue weighted by molar-refractivity contribution is 5.87. The number of ether oxygens (including phenoxy) is 1. The van der Waals surface area contributed by atoms with Gasteiger partial charge in [0.05, 0.1) is 29.5 Å². The zero-order chi connectivity index (χ0) is 15.8. The van der Waals surface area contributed by atoms with Gasteiger partial charge in [0.15, 0.2) is 5.65 Å². The van der Waals surface area contributed by atoms with Crippen LogP contribution in [0.2, 0.25) is 0 Å². The van der Waals surface area contributed by atoms with E-state index < -0.39 is 0 Å². The molecule has 6 nitrogen and oxygen atoms in total. The average Bonchev–Trinajstić information content (AvgIpc) is 2.98. The number of hydrogen-bond acceptors (Lipinski definition) is 5. The Bertz CT molecular complexity index is 806. The van der Waals surface area contributed by atoms with Gasteiger partial charge in [0, 0.05) is 13.1 Å². The van der Waals surface area contributed by atoms with Crippen LogP contribution in [-0.4, -0.2) is 45.0 Å². The highest BCUT2D eigenvalue weighted by atomic mass is 16.5. The molecule has 0 spiro atoms. The van der Waals surface area contributed by atoms with Crippen molar-refractivity contribution in [2.45, 2.75) is 26.1 Å². The second-order valence-corrected chi connectivity index (χ2v) is 5.99. The van der Waals surface area contributed by atoms with Gasteiger partial charge in [-0.2, -0.15) is 5.10 Å². The van der Waals surface area contributed by atoms with E-state index in [2.05, 4.69) is 33.8 Å². The number of morpholine rings is 1. The SMILES string of the molecule is C[C@@H]1CN(c2ncnc3c2cnn3-c2ccccc2)C[C@H](C)O1. The van der Waals surface area contributed by atoms with Gasteiger partial charge in [0.1, 0.15) is 12.1 Å². The molecule has 2 atom stereocenters. The maximum Gasteiger partial charge on any atom is 0.168 e. The average molecular weight is 309 g/mol. The molecule has 1 aromatic carbocycles. The molecule has 0 unspecified atom stereocenters. The minimum atomic E-state index is 0.188. The number of fused-ring (bicyclic) bond motifs is 1. The number of rotatable bonds is 2. The molecule has 4 rings (SSSR count). The van der Waals surface area contributed by atoms with Gasteiger partial charge in [-0.1, -0.05) is 18.2 Å². The third kappa shape index (κ3) is 2.55. The molecule has 2 aromatic heterocycles. The number of nitrogens with zero attached hydrogens (tertiary/aromatic N) is 5. The highest BCUT2D eigenvalue weighted by Crippen LogP contribution is 2.26. The quantitative estimate of drug-likeness (QED) is 0.728. The lowest BCUT2D eigenvalue weighted by atomic mass is 10.2. The molecule has 0 aliphatic carbocycles. The Kier molecular flexibility index (Phi) is 3.46. The summed E-state index contributed by atoms with van der Waals surface area (Å²) in [5.41, 5.74) is 1.82. The summed E-state index contributed by atoms with van der Waals surface area (Å²) < 4.78 is 7.67. The van der Waals surface area contributed by atoms with E-state index >= 15 is 0 Å². The predicted molar refractivity (Wildman–Crippen MR) is 88.9 cm³/mol. The van der Waals surface area contributed by atoms with Crippen LogP contribution in [0.4, 0.5) is 5.82 Å². The molecule has 1 aliphatic heterocycles. The van der Waals surface area contributed by atoms with Crippen molar-refractivity contribution in [1.29, 1.82) is 0 Å². The second kappa shape index (κ2) is 5.62. The first-order valence-corrected chi connectivity index (χ1v) is 7.87. The standard InChI is InChI=1S/C17H19N5O/c1-12-9-21(10-13(2)23-12)16-15-8-20-22(17(15)19-11-18-16)14-6-4-3-5-7-14/h3-8,11-13H,9-10H2,1-2H3/t12-,13+. The van der Waals surface area contributed by atoms with Crippen molar-refractivity contribution >= 4 is 16.9 Å². The summed E-state index contributed by atoms with van der Waals surface area (Å²) in [5.74, 6) is 0.930. The maximum absolute atomic E-state index is 5.82. The van der Waals surface area contributed by atoms with E-state index in [-0.39, 0.29) is 12.2 Å². The summed E-state index contributed by atoms with van der Waals surface area (Å²) in [6, 6.07) is 10.0. The topological polar surface area (TPSA) is 56.1 Å². The first-order chi connectivity index (χ1) is 11.2. The number of aromatic nitrogens is 4. The largest absolute Gasteiger partial charge is 0.372 e. The Morgan fingerprint density at radius 3 is 2.52 bits per heavy atom. The Hall–Kier alpha value is -2.47. The van der Waals surface area contributed by atoms with Crippen molar-refractivity contribution in [1.82, 2.24) is 19.7 Å². The first kappa shape index (κ1) is 14.1. The lowest BCUT2D eigenvalue weighted by Gasteiger charge is -2.36. The van der Waals surface area contributed by atoms with E-state index in [4.69, 9.17) is 4.74 Å². The fraction of sp³-hybridized carbons (Fsp3) is 0.353. The normalized spacial score (nSPS) is 21.7. The highest BCUT2D eigenvalue weighted by Gasteiger charge is 2.25. The van der Waals surface area contributed by atoms with E-state index in [1.165, 1.54) is 0 Å². The zero-order valence-electron chi connectivity index (χ0n) is 13.3. The van der Waals surface area contributed by atoms with Gasteiger partial charge in [0.25, 0.3) is 0 Å². The number of benzene rings is 1. The fourth-order valence-corrected chi connectivity index (χ4v) is 3.19. The Balaban J connectivity index is 1.79. The van der Waals surface area contributed by atoms with Crippen LogP contribution in [0, 0.1) is 0 Å². The molecule has 23 heavy (non-hydrogen) atoms. The smallest absolute Gasteiger partial charge is 0.168 e. The maximum atomic E-state index is 5.82. The summed E-state index contributed by atoms with van der Waals surface area (Å²) in [4.78, 5) is 11.2. The van der Waals surface area contributed by atoms with Gasteiger partial charge < -0.3 is 9.64 Å². The Labute approximate surface area is 134 Å². The number of para-hydroxylation sites is 1. The summed E-state index contributed by atoms with van der Waals surface area (Å²) in [6.45, 7) is 5.84. The van der Waals surface area contributed by atoms with E-state index in [0.29, 0.717) is 0 Å². The van der Waals surface area contributed by atoms with Crippen LogP contribution >= 0.6 is 0 Å². The molecule has 0 saturated carbocycles. The molecule has 0 amide bonds. The molecule has 3 heterocycles. The van der Waals surface area contributed by atoms with Gasteiger partial charge in [-0.15, -0.1) is 0 Å². The zero-order valence-corrected chi connectivity index (χ0v) is 13.3. The minimum absolute atomic E-state index is 0.188. The van der Waals surface area contributed by atoms with Crippen molar-refractivity contribution in [3.8, 4) is 5.69 Å². The molecule has 3 aromatic rings. The molecule has 118 valence electrons. The van der Waals surface area contributed by atoms with E-state index in [1.807, 2.05) is 41.2 Å². The van der Waals surface area contributed by atoms with Gasteiger partial charge in [0.2, 0.25) is 0 Å². The van der Waals surface area contributed by atoms with Crippen molar-refractivity contribution in [2.75, 3.05) is 18.0 Å². The van der Waals surface area contributed by atoms with Crippen LogP contribution in [0.1, 0.15) is 13.8 Å². The minimum Gasteiger partial charge on any atom is -0.372 e. The first-order valence-electron chi connectivity index (χ1n) is 7.87. The summed E-state index contributed by atoms with van der Waals surface area (Å²) in [7, 11) is 0. The molecule has 1 saturated heterocycles. The monoisotopic (exact) mass is 309 g/mol. The van der Waals surface area contributed by atoms with Crippen LogP contribution in [0.5, 0.6) is 0 Å². The van der Waals surface area contributed by atoms with Gasteiger partial charge in [-0.25, -0.2) is 14.6 Å². The van der Waals surface area contributed by atoms with E-state index in [0.717, 1.165) is 35.6 Å². The second-order valence-electron chi connectivity index (χ2n) is 5.99. The molecule has 1 fully saturated rings. The summed E-state index contributed by atoms with van der Waals surface area (Å²) in [6.07, 6.45) is 3.84. The Morgan fingerprint density at radius 1 is 1.04 bits per heavy atom. The summed E-state index contributed by atoms with van der Waals surface area (Å²) >= 11 is 0. The van der Waals surface area contributed by atoms with Gasteiger partial charge in [-0.05, 0) is 26.0 Å². The number of anilines is 1. The van der Waals surface area contributed by atoms with Crippen LogP contribution < -0.4 is 4.90 Å². The summed E-state index contributed by atoms with van der Waals surface area (Å²) in [5, 5.41) is 5.49. The lowest BCUT2D eigenvalue weighted by molar-refractivity contribution is -0.00537. The van der Waals surface area contributed by atoms with E-state index in [1.54, 1.807) is 6.33 Å². The third-order valence-electron chi connectivity index (χ3n) is 4.06. The third-order valence-corrected chi connectivity index (χ3v) is 4.06. The van der Waals surface area contributed by atoms with Crippen molar-refractivity contribution in [3.05, 3.63) is 42.9 Å². The molecule has 6 heteroatoms. The van der Waals surface area contributed by atoms with Crippen molar-refractivity contribution in [3.63, 3.8) is 0 Å². The van der Waals surface area contributed by atoms with Crippen molar-refractivity contribution < 1.29 is 4.74 Å². The van der Waals surface area contributed by atoms with Crippen LogP contribution in [-0.2, 0) is 4.74 Å². The lowest BCUT2D eigenvalue weighted by Crippen LogP contribution is -2.45. The van der Waals surface area contributed by atoms with Gasteiger partial charge in [-0.3, -0.25) is 0 Å². The molecular formula is C17H19N5O.